The number of rotatable bonds is 5. The first-order valence-corrected chi connectivity index (χ1v) is 9.25. The van der Waals surface area contributed by atoms with Crippen LogP contribution in [0.5, 0.6) is 0 Å². The molecule has 0 aliphatic carbocycles. The maximum absolute atomic E-state index is 11.7. The maximum atomic E-state index is 11.7. The van der Waals surface area contributed by atoms with Gasteiger partial charge >= 0.3 is 5.97 Å². The van der Waals surface area contributed by atoms with Crippen LogP contribution in [0.25, 0.3) is 22.5 Å². The summed E-state index contributed by atoms with van der Waals surface area (Å²) in [6.07, 6.45) is 0. The van der Waals surface area contributed by atoms with Crippen LogP contribution >= 0.6 is 0 Å². The van der Waals surface area contributed by atoms with Crippen LogP contribution in [0.4, 0.5) is 0 Å². The average Bonchev–Trinajstić information content (AvgIpc) is 3.22. The van der Waals surface area contributed by atoms with Crippen molar-refractivity contribution in [2.75, 3.05) is 7.11 Å². The topological polar surface area (TPSA) is 69.9 Å². The number of carbonyl (C=O) groups excluding carboxylic acids is 1. The molecular weight excluding hydrogens is 364 g/mol. The number of aromatic nitrogens is 4. The molecule has 6 heteroatoms. The Bertz CT molecular complexity index is 1140. The second kappa shape index (κ2) is 8.06. The Morgan fingerprint density at radius 2 is 1.72 bits per heavy atom. The summed E-state index contributed by atoms with van der Waals surface area (Å²) in [5, 5.41) is 12.4. The van der Waals surface area contributed by atoms with Crippen LogP contribution in [0.1, 0.15) is 21.5 Å². The van der Waals surface area contributed by atoms with Gasteiger partial charge in [-0.05, 0) is 46.2 Å². The first-order chi connectivity index (χ1) is 14.2. The van der Waals surface area contributed by atoms with E-state index in [1.165, 1.54) is 7.11 Å². The van der Waals surface area contributed by atoms with Gasteiger partial charge in [0.2, 0.25) is 0 Å². The highest BCUT2D eigenvalue weighted by Crippen LogP contribution is 2.32. The number of hydrogen-bond acceptors (Lipinski definition) is 5. The van der Waals surface area contributed by atoms with E-state index in [1.807, 2.05) is 61.5 Å². The van der Waals surface area contributed by atoms with Crippen LogP contribution in [0.15, 0.2) is 72.8 Å². The van der Waals surface area contributed by atoms with E-state index in [1.54, 1.807) is 16.8 Å². The zero-order valence-corrected chi connectivity index (χ0v) is 16.2. The third-order valence-electron chi connectivity index (χ3n) is 4.74. The number of nitrogens with zero attached hydrogens (tertiary/aromatic N) is 4. The van der Waals surface area contributed by atoms with Crippen LogP contribution < -0.4 is 0 Å². The van der Waals surface area contributed by atoms with E-state index in [9.17, 15) is 4.79 Å². The molecule has 0 saturated carbocycles. The minimum absolute atomic E-state index is 0.354. The lowest BCUT2D eigenvalue weighted by molar-refractivity contribution is 0.0601. The van der Waals surface area contributed by atoms with Crippen LogP contribution in [0.3, 0.4) is 0 Å². The molecule has 0 fully saturated rings. The molecule has 6 nitrogen and oxygen atoms in total. The lowest BCUT2D eigenvalue weighted by Gasteiger charge is -2.12. The quantitative estimate of drug-likeness (QED) is 0.484. The number of tetrazole rings is 1. The fourth-order valence-corrected chi connectivity index (χ4v) is 3.26. The van der Waals surface area contributed by atoms with Gasteiger partial charge in [0.25, 0.3) is 0 Å². The second-order valence-electron chi connectivity index (χ2n) is 6.76. The third kappa shape index (κ3) is 3.91. The van der Waals surface area contributed by atoms with E-state index in [2.05, 4.69) is 21.6 Å². The van der Waals surface area contributed by atoms with Crippen molar-refractivity contribution in [2.45, 2.75) is 13.5 Å². The van der Waals surface area contributed by atoms with Gasteiger partial charge in [-0.25, -0.2) is 9.48 Å². The number of hydrogen-bond donors (Lipinski definition) is 0. The summed E-state index contributed by atoms with van der Waals surface area (Å²) in [5.41, 5.74) is 5.68. The van der Waals surface area contributed by atoms with E-state index in [0.717, 1.165) is 27.8 Å². The van der Waals surface area contributed by atoms with Gasteiger partial charge in [-0.15, -0.1) is 5.10 Å². The van der Waals surface area contributed by atoms with Gasteiger partial charge in [0.1, 0.15) is 0 Å². The van der Waals surface area contributed by atoms with Crippen LogP contribution in [-0.4, -0.2) is 33.3 Å². The van der Waals surface area contributed by atoms with E-state index in [0.29, 0.717) is 17.9 Å². The lowest BCUT2D eigenvalue weighted by Crippen LogP contribution is -2.05. The monoisotopic (exact) mass is 384 g/mol. The van der Waals surface area contributed by atoms with Crippen molar-refractivity contribution < 1.29 is 9.53 Å². The molecule has 4 aromatic rings. The fraction of sp³-hybridized carbons (Fsp3) is 0.130. The molecule has 4 rings (SSSR count). The van der Waals surface area contributed by atoms with Crippen molar-refractivity contribution in [1.82, 2.24) is 20.2 Å². The van der Waals surface area contributed by atoms with Crippen molar-refractivity contribution in [2.24, 2.45) is 0 Å². The summed E-state index contributed by atoms with van der Waals surface area (Å²) in [5.74, 6) is 0.341. The molecule has 3 aromatic carbocycles. The zero-order valence-electron chi connectivity index (χ0n) is 16.2. The van der Waals surface area contributed by atoms with Crippen molar-refractivity contribution in [1.29, 1.82) is 0 Å². The Labute approximate surface area is 168 Å². The van der Waals surface area contributed by atoms with E-state index in [4.69, 9.17) is 4.74 Å². The molecule has 0 unspecified atom stereocenters. The molecule has 0 bridgehead atoms. The number of methoxy groups -OCH3 is 1. The Morgan fingerprint density at radius 3 is 2.45 bits per heavy atom. The summed E-state index contributed by atoms with van der Waals surface area (Å²) in [6, 6.07) is 23.6. The zero-order chi connectivity index (χ0) is 20.2. The van der Waals surface area contributed by atoms with Crippen LogP contribution in [0, 0.1) is 6.92 Å². The third-order valence-corrected chi connectivity index (χ3v) is 4.74. The van der Waals surface area contributed by atoms with Crippen LogP contribution in [-0.2, 0) is 11.3 Å². The van der Waals surface area contributed by atoms with Gasteiger partial charge in [-0.2, -0.15) is 0 Å². The summed E-state index contributed by atoms with van der Waals surface area (Å²) >= 11 is 0. The smallest absolute Gasteiger partial charge is 0.337 e. The number of carbonyl (C=O) groups is 1. The molecule has 1 aromatic heterocycles. The molecule has 0 atom stereocenters. The number of aryl methyl sites for hydroxylation is 1. The standard InChI is InChI=1S/C23H20N4O2/c1-16-8-13-20(21(14-16)18-9-11-19(12-10-18)23(28)29-2)22-24-25-26-27(22)15-17-6-4-3-5-7-17/h3-14H,15H2,1-2H3. The SMILES string of the molecule is COC(=O)c1ccc(-c2cc(C)ccc2-c2nnnn2Cc2ccccc2)cc1. The number of ether oxygens (including phenoxy) is 1. The van der Waals surface area contributed by atoms with E-state index in [-0.39, 0.29) is 5.97 Å². The molecule has 0 aliphatic rings. The minimum Gasteiger partial charge on any atom is -0.465 e. The van der Waals surface area contributed by atoms with Crippen molar-refractivity contribution in [3.05, 3.63) is 89.5 Å². The van der Waals surface area contributed by atoms with Gasteiger partial charge < -0.3 is 4.74 Å². The van der Waals surface area contributed by atoms with E-state index >= 15 is 0 Å². The highest BCUT2D eigenvalue weighted by Gasteiger charge is 2.16. The molecule has 0 spiro atoms. The predicted molar refractivity (Wildman–Crippen MR) is 110 cm³/mol. The first kappa shape index (κ1) is 18.6. The summed E-state index contributed by atoms with van der Waals surface area (Å²) in [4.78, 5) is 11.7. The van der Waals surface area contributed by atoms with Gasteiger partial charge in [0, 0.05) is 5.56 Å². The largest absolute Gasteiger partial charge is 0.465 e. The first-order valence-electron chi connectivity index (χ1n) is 9.25. The number of esters is 1. The lowest BCUT2D eigenvalue weighted by atomic mass is 9.96. The molecule has 29 heavy (non-hydrogen) atoms. The molecule has 144 valence electrons. The Morgan fingerprint density at radius 1 is 0.966 bits per heavy atom. The molecule has 0 amide bonds. The summed E-state index contributed by atoms with van der Waals surface area (Å²) in [6.45, 7) is 2.63. The molecule has 0 radical (unpaired) electrons. The van der Waals surface area contributed by atoms with Gasteiger partial charge in [0.05, 0.1) is 19.2 Å². The average molecular weight is 384 g/mol. The Hall–Kier alpha value is -3.80. The maximum Gasteiger partial charge on any atom is 0.337 e. The molecule has 0 aliphatic heterocycles. The highest BCUT2D eigenvalue weighted by atomic mass is 16.5. The highest BCUT2D eigenvalue weighted by molar-refractivity contribution is 5.90. The van der Waals surface area contributed by atoms with Gasteiger partial charge in [0.15, 0.2) is 5.82 Å². The normalized spacial score (nSPS) is 10.7. The van der Waals surface area contributed by atoms with Crippen LogP contribution in [0.2, 0.25) is 0 Å². The van der Waals surface area contributed by atoms with Crippen molar-refractivity contribution >= 4 is 5.97 Å². The molecule has 0 saturated heterocycles. The number of benzene rings is 3. The summed E-state index contributed by atoms with van der Waals surface area (Å²) < 4.78 is 6.59. The Kier molecular flexibility index (Phi) is 5.16. The predicted octanol–water partition coefficient (Wildman–Crippen LogP) is 4.15. The van der Waals surface area contributed by atoms with E-state index < -0.39 is 0 Å². The van der Waals surface area contributed by atoms with Crippen molar-refractivity contribution in [3.8, 4) is 22.5 Å². The molecule has 0 N–H and O–H groups in total. The van der Waals surface area contributed by atoms with Crippen molar-refractivity contribution in [3.63, 3.8) is 0 Å². The molecule has 1 heterocycles. The fourth-order valence-electron chi connectivity index (χ4n) is 3.26. The Balaban J connectivity index is 1.75. The second-order valence-corrected chi connectivity index (χ2v) is 6.76. The summed E-state index contributed by atoms with van der Waals surface area (Å²) in [7, 11) is 1.38. The molecular formula is C23H20N4O2. The van der Waals surface area contributed by atoms with Gasteiger partial charge in [-0.1, -0.05) is 66.2 Å². The van der Waals surface area contributed by atoms with Gasteiger partial charge in [-0.3, -0.25) is 0 Å². The minimum atomic E-state index is -0.354.